The fourth-order valence-electron chi connectivity index (χ4n) is 1.38. The lowest BCUT2D eigenvalue weighted by Gasteiger charge is -2.37. The van der Waals surface area contributed by atoms with Gasteiger partial charge in [0, 0.05) is 0 Å². The van der Waals surface area contributed by atoms with E-state index in [4.69, 9.17) is 31.8 Å². The van der Waals surface area contributed by atoms with Crippen molar-refractivity contribution in [1.29, 1.82) is 0 Å². The molecule has 0 spiro atoms. The van der Waals surface area contributed by atoms with Crippen LogP contribution in [0.5, 0.6) is 0 Å². The van der Waals surface area contributed by atoms with Gasteiger partial charge in [-0.2, -0.15) is 0 Å². The smallest absolute Gasteiger partial charge is 0.185 e. The molecule has 1 aliphatic heterocycles. The van der Waals surface area contributed by atoms with Gasteiger partial charge in [0.15, 0.2) is 12.6 Å². The highest BCUT2D eigenvalue weighted by Gasteiger charge is 2.35. The van der Waals surface area contributed by atoms with Crippen LogP contribution in [0.4, 0.5) is 0 Å². The molecule has 4 heteroatoms. The molecule has 1 rings (SSSR count). The van der Waals surface area contributed by atoms with Crippen molar-refractivity contribution in [1.82, 2.24) is 0 Å². The van der Waals surface area contributed by atoms with Crippen LogP contribution in [0.25, 0.3) is 0 Å². The lowest BCUT2D eigenvalue weighted by molar-refractivity contribution is -0.338. The first kappa shape index (κ1) is 13.0. The molecule has 0 aliphatic carbocycles. The number of rotatable bonds is 4. The zero-order chi connectivity index (χ0) is 12.0. The van der Waals surface area contributed by atoms with Gasteiger partial charge in [-0.1, -0.05) is 11.8 Å². The third-order valence-corrected chi connectivity index (χ3v) is 2.13. The summed E-state index contributed by atoms with van der Waals surface area (Å²) in [4.78, 5) is 0. The van der Waals surface area contributed by atoms with Gasteiger partial charge in [-0.3, -0.25) is 0 Å². The molecule has 0 bridgehead atoms. The Kier molecular flexibility index (Phi) is 5.31. The molecule has 0 aromatic rings. The quantitative estimate of drug-likeness (QED) is 0.661. The number of hydrogen-bond donors (Lipinski definition) is 0. The Hall–Kier alpha value is -1.04. The van der Waals surface area contributed by atoms with Gasteiger partial charge in [0.25, 0.3) is 0 Å². The number of terminal acetylenes is 2. The second kappa shape index (κ2) is 6.52. The van der Waals surface area contributed by atoms with Crippen LogP contribution in [0.1, 0.15) is 13.8 Å². The minimum absolute atomic E-state index is 0.195. The van der Waals surface area contributed by atoms with E-state index >= 15 is 0 Å². The molecule has 16 heavy (non-hydrogen) atoms. The zero-order valence-electron chi connectivity index (χ0n) is 9.51. The van der Waals surface area contributed by atoms with Crippen molar-refractivity contribution in [3.63, 3.8) is 0 Å². The maximum absolute atomic E-state index is 5.57. The highest BCUT2D eigenvalue weighted by atomic mass is 16.8. The Morgan fingerprint density at radius 3 is 1.62 bits per heavy atom. The molecule has 0 aromatic carbocycles. The molecule has 1 aliphatic rings. The van der Waals surface area contributed by atoms with Crippen LogP contribution in [0.3, 0.4) is 0 Å². The predicted octanol–water partition coefficient (Wildman–Crippen LogP) is 0.762. The van der Waals surface area contributed by atoms with Crippen LogP contribution in [-0.2, 0) is 18.9 Å². The van der Waals surface area contributed by atoms with Crippen LogP contribution >= 0.6 is 0 Å². The summed E-state index contributed by atoms with van der Waals surface area (Å²) in [6, 6.07) is 0. The standard InChI is InChI=1S/C12H16O4/c1-5-7-13-11-9(3)16-12(10(4)15-11)14-8-6-2/h1-2,9-12H,7-8H2,3-4H3. The number of ether oxygens (including phenoxy) is 4. The summed E-state index contributed by atoms with van der Waals surface area (Å²) in [6.07, 6.45) is 8.79. The third kappa shape index (κ3) is 3.52. The molecule has 4 nitrogen and oxygen atoms in total. The van der Waals surface area contributed by atoms with E-state index in [2.05, 4.69) is 11.8 Å². The normalized spacial score (nSPS) is 34.0. The topological polar surface area (TPSA) is 36.9 Å². The van der Waals surface area contributed by atoms with Gasteiger partial charge in [-0.25, -0.2) is 0 Å². The fourth-order valence-corrected chi connectivity index (χ4v) is 1.38. The van der Waals surface area contributed by atoms with E-state index < -0.39 is 12.6 Å². The second-order valence-electron chi connectivity index (χ2n) is 3.45. The first-order chi connectivity index (χ1) is 7.69. The van der Waals surface area contributed by atoms with Crippen molar-refractivity contribution in [3.05, 3.63) is 0 Å². The first-order valence-corrected chi connectivity index (χ1v) is 5.10. The summed E-state index contributed by atoms with van der Waals surface area (Å²) in [6.45, 7) is 4.06. The molecule has 88 valence electrons. The maximum Gasteiger partial charge on any atom is 0.185 e. The summed E-state index contributed by atoms with van der Waals surface area (Å²) in [5.41, 5.74) is 0. The van der Waals surface area contributed by atoms with Crippen molar-refractivity contribution in [3.8, 4) is 24.7 Å². The molecule has 4 atom stereocenters. The first-order valence-electron chi connectivity index (χ1n) is 5.10. The number of hydrogen-bond acceptors (Lipinski definition) is 4. The molecule has 1 fully saturated rings. The summed E-state index contributed by atoms with van der Waals surface area (Å²) in [5, 5.41) is 0. The minimum Gasteiger partial charge on any atom is -0.342 e. The van der Waals surface area contributed by atoms with Crippen molar-refractivity contribution >= 4 is 0 Å². The lowest BCUT2D eigenvalue weighted by Crippen LogP contribution is -2.49. The molecule has 4 unspecified atom stereocenters. The summed E-state index contributed by atoms with van der Waals surface area (Å²) < 4.78 is 21.7. The highest BCUT2D eigenvalue weighted by Crippen LogP contribution is 2.21. The van der Waals surface area contributed by atoms with Gasteiger partial charge in [-0.15, -0.1) is 12.8 Å². The fraction of sp³-hybridized carbons (Fsp3) is 0.667. The Morgan fingerprint density at radius 1 is 0.938 bits per heavy atom. The third-order valence-electron chi connectivity index (χ3n) is 2.13. The summed E-state index contributed by atoms with van der Waals surface area (Å²) in [7, 11) is 0. The van der Waals surface area contributed by atoms with E-state index in [0.717, 1.165) is 0 Å². The molecule has 0 aromatic heterocycles. The Balaban J connectivity index is 2.44. The van der Waals surface area contributed by atoms with Crippen molar-refractivity contribution in [2.75, 3.05) is 13.2 Å². The van der Waals surface area contributed by atoms with Gasteiger partial charge < -0.3 is 18.9 Å². The lowest BCUT2D eigenvalue weighted by atomic mass is 10.3. The van der Waals surface area contributed by atoms with Gasteiger partial charge >= 0.3 is 0 Å². The second-order valence-corrected chi connectivity index (χ2v) is 3.45. The SMILES string of the molecule is C#CCOC1OC(C)C(OCC#C)OC1C. The molecule has 0 radical (unpaired) electrons. The van der Waals surface area contributed by atoms with E-state index in [-0.39, 0.29) is 25.4 Å². The molecule has 1 saturated heterocycles. The van der Waals surface area contributed by atoms with Gasteiger partial charge in [0.2, 0.25) is 0 Å². The zero-order valence-corrected chi connectivity index (χ0v) is 9.51. The van der Waals surface area contributed by atoms with E-state index in [1.54, 1.807) is 0 Å². The van der Waals surface area contributed by atoms with Crippen LogP contribution in [0, 0.1) is 24.7 Å². The highest BCUT2D eigenvalue weighted by molar-refractivity contribution is 4.85. The largest absolute Gasteiger partial charge is 0.342 e. The van der Waals surface area contributed by atoms with Gasteiger partial charge in [0.1, 0.15) is 25.4 Å². The van der Waals surface area contributed by atoms with Gasteiger partial charge in [-0.05, 0) is 13.8 Å². The average Bonchev–Trinajstić information content (AvgIpc) is 2.28. The van der Waals surface area contributed by atoms with Crippen LogP contribution in [0.15, 0.2) is 0 Å². The van der Waals surface area contributed by atoms with Crippen molar-refractivity contribution in [2.24, 2.45) is 0 Å². The monoisotopic (exact) mass is 224 g/mol. The van der Waals surface area contributed by atoms with Crippen LogP contribution in [-0.4, -0.2) is 38.0 Å². The molecular formula is C12H16O4. The van der Waals surface area contributed by atoms with E-state index in [0.29, 0.717) is 0 Å². The molecule has 0 N–H and O–H groups in total. The molecule has 0 amide bonds. The Bertz CT molecular complexity index is 258. The van der Waals surface area contributed by atoms with Crippen molar-refractivity contribution in [2.45, 2.75) is 38.6 Å². The summed E-state index contributed by atoms with van der Waals surface area (Å²) >= 11 is 0. The van der Waals surface area contributed by atoms with E-state index in [1.165, 1.54) is 0 Å². The van der Waals surface area contributed by atoms with Crippen LogP contribution in [0.2, 0.25) is 0 Å². The van der Waals surface area contributed by atoms with Crippen LogP contribution < -0.4 is 0 Å². The van der Waals surface area contributed by atoms with Crippen molar-refractivity contribution < 1.29 is 18.9 Å². The average molecular weight is 224 g/mol. The Labute approximate surface area is 96.2 Å². The molecule has 1 heterocycles. The predicted molar refractivity (Wildman–Crippen MR) is 58.2 cm³/mol. The molecular weight excluding hydrogens is 208 g/mol. The van der Waals surface area contributed by atoms with E-state index in [1.807, 2.05) is 13.8 Å². The minimum atomic E-state index is -0.461. The molecule has 0 saturated carbocycles. The maximum atomic E-state index is 5.57. The summed E-state index contributed by atoms with van der Waals surface area (Å²) in [5.74, 6) is 4.76. The van der Waals surface area contributed by atoms with Gasteiger partial charge in [0.05, 0.1) is 0 Å². The van der Waals surface area contributed by atoms with E-state index in [9.17, 15) is 0 Å². The Morgan fingerprint density at radius 2 is 1.31 bits per heavy atom.